The average molecular weight is 445 g/mol. The molecule has 2 aromatic carbocycles. The van der Waals surface area contributed by atoms with Crippen molar-refractivity contribution in [3.63, 3.8) is 0 Å². The highest BCUT2D eigenvalue weighted by atomic mass is 35.5. The van der Waals surface area contributed by atoms with Crippen molar-refractivity contribution in [3.8, 4) is 5.75 Å². The minimum Gasteiger partial charge on any atom is -0.484 e. The molecule has 0 aliphatic rings. The third kappa shape index (κ3) is 7.59. The number of nitrogens with zero attached hydrogens (tertiary/aromatic N) is 1. The van der Waals surface area contributed by atoms with Crippen LogP contribution in [0.25, 0.3) is 0 Å². The number of hydrogen-bond acceptors (Lipinski definition) is 3. The van der Waals surface area contributed by atoms with E-state index in [0.717, 1.165) is 5.56 Å². The van der Waals surface area contributed by atoms with Gasteiger partial charge in [-0.25, -0.2) is 0 Å². The highest BCUT2D eigenvalue weighted by Gasteiger charge is 2.27. The zero-order valence-corrected chi connectivity index (χ0v) is 20.0. The van der Waals surface area contributed by atoms with E-state index in [0.29, 0.717) is 10.8 Å². The molecule has 0 aliphatic heterocycles. The van der Waals surface area contributed by atoms with E-state index < -0.39 is 6.04 Å². The summed E-state index contributed by atoms with van der Waals surface area (Å²) in [6.07, 6.45) is 0. The van der Waals surface area contributed by atoms with Crippen molar-refractivity contribution < 1.29 is 14.3 Å². The van der Waals surface area contributed by atoms with Gasteiger partial charge in [0, 0.05) is 17.6 Å². The van der Waals surface area contributed by atoms with Gasteiger partial charge in [0.1, 0.15) is 11.8 Å². The molecule has 2 rings (SSSR count). The summed E-state index contributed by atoms with van der Waals surface area (Å²) in [5, 5.41) is 3.49. The standard InChI is InChI=1S/C25H33ClN2O3/c1-17(2)27-24(30)18(3)28(15-19-7-11-21(26)12-8-19)23(29)16-31-22-13-9-20(10-14-22)25(4,5)6/h7-14,17-18H,15-16H2,1-6H3,(H,27,30). The molecule has 0 heterocycles. The maximum absolute atomic E-state index is 13.0. The van der Waals surface area contributed by atoms with Gasteiger partial charge in [0.25, 0.3) is 5.91 Å². The van der Waals surface area contributed by atoms with Crippen molar-refractivity contribution in [3.05, 3.63) is 64.7 Å². The molecule has 31 heavy (non-hydrogen) atoms. The van der Waals surface area contributed by atoms with Gasteiger partial charge < -0.3 is 15.0 Å². The highest BCUT2D eigenvalue weighted by molar-refractivity contribution is 6.30. The van der Waals surface area contributed by atoms with E-state index in [4.69, 9.17) is 16.3 Å². The van der Waals surface area contributed by atoms with Crippen LogP contribution in [0, 0.1) is 0 Å². The Labute approximate surface area is 190 Å². The lowest BCUT2D eigenvalue weighted by Gasteiger charge is -2.29. The van der Waals surface area contributed by atoms with Gasteiger partial charge in [-0.2, -0.15) is 0 Å². The van der Waals surface area contributed by atoms with Crippen molar-refractivity contribution in [2.45, 2.75) is 65.6 Å². The molecule has 5 nitrogen and oxygen atoms in total. The van der Waals surface area contributed by atoms with Crippen LogP contribution in [0.15, 0.2) is 48.5 Å². The SMILES string of the molecule is CC(C)NC(=O)C(C)N(Cc1ccc(Cl)cc1)C(=O)COc1ccc(C(C)(C)C)cc1. The van der Waals surface area contributed by atoms with Gasteiger partial charge in [0.15, 0.2) is 6.61 Å². The van der Waals surface area contributed by atoms with Gasteiger partial charge in [-0.15, -0.1) is 0 Å². The molecule has 168 valence electrons. The lowest BCUT2D eigenvalue weighted by molar-refractivity contribution is -0.142. The molecule has 0 bridgehead atoms. The summed E-state index contributed by atoms with van der Waals surface area (Å²) in [4.78, 5) is 27.2. The third-order valence-corrected chi connectivity index (χ3v) is 5.20. The Kier molecular flexibility index (Phi) is 8.52. The Morgan fingerprint density at radius 3 is 2.10 bits per heavy atom. The number of amides is 2. The van der Waals surface area contributed by atoms with Crippen molar-refractivity contribution in [1.82, 2.24) is 10.2 Å². The van der Waals surface area contributed by atoms with Crippen molar-refractivity contribution in [1.29, 1.82) is 0 Å². The Hall–Kier alpha value is -2.53. The molecule has 0 radical (unpaired) electrons. The fraction of sp³-hybridized carbons (Fsp3) is 0.440. The number of benzene rings is 2. The lowest BCUT2D eigenvalue weighted by atomic mass is 9.87. The van der Waals surface area contributed by atoms with Crippen LogP contribution in [0.3, 0.4) is 0 Å². The maximum atomic E-state index is 13.0. The fourth-order valence-electron chi connectivity index (χ4n) is 3.05. The average Bonchev–Trinajstić information content (AvgIpc) is 2.70. The summed E-state index contributed by atoms with van der Waals surface area (Å²) in [6, 6.07) is 14.3. The van der Waals surface area contributed by atoms with Crippen LogP contribution < -0.4 is 10.1 Å². The summed E-state index contributed by atoms with van der Waals surface area (Å²) in [6.45, 7) is 12.1. The predicted molar refractivity (Wildman–Crippen MR) is 125 cm³/mol. The molecule has 1 N–H and O–H groups in total. The number of carbonyl (C=O) groups is 2. The molecule has 1 atom stereocenters. The van der Waals surface area contributed by atoms with Crippen LogP contribution in [-0.2, 0) is 21.5 Å². The van der Waals surface area contributed by atoms with E-state index in [-0.39, 0.29) is 36.4 Å². The number of ether oxygens (including phenoxy) is 1. The molecule has 0 saturated carbocycles. The van der Waals surface area contributed by atoms with Gasteiger partial charge in [0.2, 0.25) is 5.91 Å². The molecule has 0 saturated heterocycles. The Morgan fingerprint density at radius 2 is 1.58 bits per heavy atom. The number of carbonyl (C=O) groups excluding carboxylic acids is 2. The molecular formula is C25H33ClN2O3. The molecule has 1 unspecified atom stereocenters. The lowest BCUT2D eigenvalue weighted by Crippen LogP contribution is -2.50. The molecular weight excluding hydrogens is 412 g/mol. The molecule has 2 aromatic rings. The van der Waals surface area contributed by atoms with Crippen LogP contribution in [0.5, 0.6) is 5.75 Å². The number of rotatable bonds is 8. The normalized spacial score (nSPS) is 12.4. The van der Waals surface area contributed by atoms with E-state index in [9.17, 15) is 9.59 Å². The van der Waals surface area contributed by atoms with E-state index in [1.165, 1.54) is 10.5 Å². The topological polar surface area (TPSA) is 58.6 Å². The first-order chi connectivity index (χ1) is 14.5. The second-order valence-corrected chi connectivity index (χ2v) is 9.49. The first-order valence-electron chi connectivity index (χ1n) is 10.5. The molecule has 2 amide bonds. The summed E-state index contributed by atoms with van der Waals surface area (Å²) in [5.74, 6) is 0.153. The van der Waals surface area contributed by atoms with Gasteiger partial charge >= 0.3 is 0 Å². The molecule has 0 aromatic heterocycles. The number of nitrogens with one attached hydrogen (secondary N) is 1. The first kappa shape index (κ1) is 24.7. The minimum absolute atomic E-state index is 0.0139. The van der Waals surface area contributed by atoms with E-state index in [1.807, 2.05) is 50.2 Å². The Morgan fingerprint density at radius 1 is 1.00 bits per heavy atom. The van der Waals surface area contributed by atoms with Gasteiger partial charge in [-0.3, -0.25) is 9.59 Å². The molecule has 6 heteroatoms. The fourth-order valence-corrected chi connectivity index (χ4v) is 3.18. The Bertz CT molecular complexity index is 871. The largest absolute Gasteiger partial charge is 0.484 e. The van der Waals surface area contributed by atoms with Crippen LogP contribution in [-0.4, -0.2) is 35.4 Å². The highest BCUT2D eigenvalue weighted by Crippen LogP contribution is 2.24. The smallest absolute Gasteiger partial charge is 0.261 e. The van der Waals surface area contributed by atoms with E-state index in [1.54, 1.807) is 19.1 Å². The quantitative estimate of drug-likeness (QED) is 0.626. The van der Waals surface area contributed by atoms with Crippen molar-refractivity contribution in [2.24, 2.45) is 0 Å². The van der Waals surface area contributed by atoms with Gasteiger partial charge in [-0.1, -0.05) is 56.6 Å². The zero-order valence-electron chi connectivity index (χ0n) is 19.2. The van der Waals surface area contributed by atoms with E-state index >= 15 is 0 Å². The molecule has 0 spiro atoms. The van der Waals surface area contributed by atoms with Crippen LogP contribution >= 0.6 is 11.6 Å². The summed E-state index contributed by atoms with van der Waals surface area (Å²) < 4.78 is 5.74. The minimum atomic E-state index is -0.641. The molecule has 0 aliphatic carbocycles. The predicted octanol–water partition coefficient (Wildman–Crippen LogP) is 4.96. The Balaban J connectivity index is 2.12. The van der Waals surface area contributed by atoms with Crippen molar-refractivity contribution in [2.75, 3.05) is 6.61 Å². The van der Waals surface area contributed by atoms with Crippen LogP contribution in [0.2, 0.25) is 5.02 Å². The molecule has 0 fully saturated rings. The van der Waals surface area contributed by atoms with Gasteiger partial charge in [0.05, 0.1) is 0 Å². The second kappa shape index (κ2) is 10.7. The van der Waals surface area contributed by atoms with Gasteiger partial charge in [-0.05, 0) is 61.6 Å². The second-order valence-electron chi connectivity index (χ2n) is 9.05. The first-order valence-corrected chi connectivity index (χ1v) is 10.9. The monoisotopic (exact) mass is 444 g/mol. The zero-order chi connectivity index (χ0) is 23.2. The third-order valence-electron chi connectivity index (χ3n) is 4.95. The summed E-state index contributed by atoms with van der Waals surface area (Å²) in [5.41, 5.74) is 2.12. The maximum Gasteiger partial charge on any atom is 0.261 e. The number of hydrogen-bond donors (Lipinski definition) is 1. The number of halogens is 1. The van der Waals surface area contributed by atoms with Crippen molar-refractivity contribution >= 4 is 23.4 Å². The summed E-state index contributed by atoms with van der Waals surface area (Å²) in [7, 11) is 0. The van der Waals surface area contributed by atoms with Crippen LogP contribution in [0.4, 0.5) is 0 Å². The van der Waals surface area contributed by atoms with Crippen LogP contribution in [0.1, 0.15) is 52.7 Å². The van der Waals surface area contributed by atoms with E-state index in [2.05, 4.69) is 26.1 Å². The summed E-state index contributed by atoms with van der Waals surface area (Å²) >= 11 is 5.97.